The van der Waals surface area contributed by atoms with E-state index in [9.17, 15) is 9.18 Å². The summed E-state index contributed by atoms with van der Waals surface area (Å²) >= 11 is 0. The van der Waals surface area contributed by atoms with Crippen molar-refractivity contribution in [3.8, 4) is 5.88 Å². The fourth-order valence-electron chi connectivity index (χ4n) is 3.51. The molecule has 6 heteroatoms. The van der Waals surface area contributed by atoms with E-state index in [-0.39, 0.29) is 29.7 Å². The number of hydrogen-bond donors (Lipinski definition) is 1. The lowest BCUT2D eigenvalue weighted by Crippen LogP contribution is -2.48. The number of amides is 1. The third-order valence-corrected chi connectivity index (χ3v) is 4.89. The fraction of sp³-hybridized carbons (Fsp3) is 0.368. The molecule has 1 amide bonds. The predicted molar refractivity (Wildman–Crippen MR) is 95.3 cm³/mol. The van der Waals surface area contributed by atoms with E-state index in [0.717, 1.165) is 16.9 Å². The third-order valence-electron chi connectivity index (χ3n) is 4.89. The van der Waals surface area contributed by atoms with Crippen molar-refractivity contribution in [1.82, 2.24) is 4.98 Å². The zero-order valence-electron chi connectivity index (χ0n) is 14.8. The van der Waals surface area contributed by atoms with Crippen molar-refractivity contribution in [2.45, 2.75) is 32.9 Å². The van der Waals surface area contributed by atoms with E-state index < -0.39 is 0 Å². The van der Waals surface area contributed by atoms with Gasteiger partial charge in [0.1, 0.15) is 5.82 Å². The highest BCUT2D eigenvalue weighted by atomic mass is 19.1. The first-order valence-electron chi connectivity index (χ1n) is 8.28. The highest BCUT2D eigenvalue weighted by molar-refractivity contribution is 5.94. The van der Waals surface area contributed by atoms with Crippen LogP contribution < -0.4 is 15.0 Å². The number of fused-ring (bicyclic) bond motifs is 1. The van der Waals surface area contributed by atoms with Gasteiger partial charge in [-0.15, -0.1) is 0 Å². The molecule has 2 heterocycles. The van der Waals surface area contributed by atoms with Crippen LogP contribution in [0.5, 0.6) is 5.88 Å². The lowest BCUT2D eigenvalue weighted by atomic mass is 9.82. The van der Waals surface area contributed by atoms with Crippen LogP contribution in [0, 0.1) is 11.7 Å². The van der Waals surface area contributed by atoms with Crippen LogP contribution in [0.3, 0.4) is 0 Å². The number of nitrogens with zero attached hydrogens (tertiary/aromatic N) is 2. The Kier molecular flexibility index (Phi) is 4.61. The van der Waals surface area contributed by atoms with Crippen LogP contribution in [0.15, 0.2) is 36.5 Å². The average Bonchev–Trinajstić information content (AvgIpc) is 2.59. The van der Waals surface area contributed by atoms with E-state index in [1.807, 2.05) is 19.1 Å². The first-order chi connectivity index (χ1) is 11.9. The molecule has 1 aromatic carbocycles. The minimum Gasteiger partial charge on any atom is -0.480 e. The first-order valence-corrected chi connectivity index (χ1v) is 8.28. The molecule has 2 aromatic rings. The Balaban J connectivity index is 2.08. The van der Waals surface area contributed by atoms with Crippen molar-refractivity contribution in [3.05, 3.63) is 47.9 Å². The molecule has 1 aliphatic heterocycles. The normalized spacial score (nSPS) is 22.3. The third kappa shape index (κ3) is 3.04. The molecule has 0 fully saturated rings. The average molecular weight is 343 g/mol. The Hall–Kier alpha value is -2.63. The van der Waals surface area contributed by atoms with Crippen molar-refractivity contribution in [2.24, 2.45) is 5.92 Å². The van der Waals surface area contributed by atoms with Gasteiger partial charge in [0.05, 0.1) is 18.8 Å². The SMILES string of the molecule is COc1ncccc1NC1c2cc(F)ccc2N(C(C)=O)C(C)C1C. The van der Waals surface area contributed by atoms with Crippen molar-refractivity contribution >= 4 is 17.3 Å². The van der Waals surface area contributed by atoms with Crippen LogP contribution in [-0.2, 0) is 4.79 Å². The number of nitrogens with one attached hydrogen (secondary N) is 1. The monoisotopic (exact) mass is 343 g/mol. The molecule has 5 nitrogen and oxygen atoms in total. The van der Waals surface area contributed by atoms with Gasteiger partial charge in [0, 0.05) is 36.3 Å². The quantitative estimate of drug-likeness (QED) is 0.922. The number of benzene rings is 1. The van der Waals surface area contributed by atoms with E-state index in [1.54, 1.807) is 24.3 Å². The fourth-order valence-corrected chi connectivity index (χ4v) is 3.51. The van der Waals surface area contributed by atoms with Crippen LogP contribution in [0.4, 0.5) is 15.8 Å². The van der Waals surface area contributed by atoms with E-state index in [2.05, 4.69) is 17.2 Å². The van der Waals surface area contributed by atoms with Gasteiger partial charge in [-0.1, -0.05) is 6.92 Å². The predicted octanol–water partition coefficient (Wildman–Crippen LogP) is 3.77. The molecule has 0 radical (unpaired) electrons. The number of carbonyl (C=O) groups excluding carboxylic acids is 1. The zero-order chi connectivity index (χ0) is 18.1. The second kappa shape index (κ2) is 6.70. The number of rotatable bonds is 3. The van der Waals surface area contributed by atoms with Crippen LogP contribution in [0.1, 0.15) is 32.4 Å². The minimum atomic E-state index is -0.325. The van der Waals surface area contributed by atoms with Gasteiger partial charge in [-0.2, -0.15) is 0 Å². The molecule has 0 aliphatic carbocycles. The van der Waals surface area contributed by atoms with Crippen molar-refractivity contribution in [3.63, 3.8) is 0 Å². The topological polar surface area (TPSA) is 54.5 Å². The van der Waals surface area contributed by atoms with Crippen molar-refractivity contribution < 1.29 is 13.9 Å². The molecule has 0 saturated carbocycles. The Morgan fingerprint density at radius 3 is 2.76 bits per heavy atom. The van der Waals surface area contributed by atoms with Gasteiger partial charge in [-0.3, -0.25) is 4.79 Å². The second-order valence-electron chi connectivity index (χ2n) is 6.37. The molecule has 3 atom stereocenters. The minimum absolute atomic E-state index is 0.0318. The van der Waals surface area contributed by atoms with Crippen molar-refractivity contribution in [2.75, 3.05) is 17.3 Å². The number of carbonyl (C=O) groups is 1. The standard InChI is InChI=1S/C19H22FN3O2/c1-11-12(2)23(13(3)24)17-8-7-14(20)10-15(17)18(11)22-16-6-5-9-21-19(16)25-4/h5-12,18,22H,1-4H3. The highest BCUT2D eigenvalue weighted by Gasteiger charge is 2.38. The Labute approximate surface area is 146 Å². The summed E-state index contributed by atoms with van der Waals surface area (Å²) in [6.07, 6.45) is 1.65. The van der Waals surface area contributed by atoms with Gasteiger partial charge in [-0.25, -0.2) is 9.37 Å². The molecule has 1 aromatic heterocycles. The van der Waals surface area contributed by atoms with Crippen molar-refractivity contribution in [1.29, 1.82) is 0 Å². The number of halogens is 1. The summed E-state index contributed by atoms with van der Waals surface area (Å²) in [4.78, 5) is 18.1. The molecule has 3 unspecified atom stereocenters. The smallest absolute Gasteiger partial charge is 0.237 e. The van der Waals surface area contributed by atoms with Crippen LogP contribution >= 0.6 is 0 Å². The Bertz CT molecular complexity index is 796. The Morgan fingerprint density at radius 1 is 1.32 bits per heavy atom. The summed E-state index contributed by atoms with van der Waals surface area (Å²) in [6, 6.07) is 8.04. The zero-order valence-corrected chi connectivity index (χ0v) is 14.8. The largest absolute Gasteiger partial charge is 0.480 e. The lowest BCUT2D eigenvalue weighted by molar-refractivity contribution is -0.117. The summed E-state index contributed by atoms with van der Waals surface area (Å²) in [5.74, 6) is 0.163. The summed E-state index contributed by atoms with van der Waals surface area (Å²) in [5, 5.41) is 3.43. The summed E-state index contributed by atoms with van der Waals surface area (Å²) in [6.45, 7) is 5.59. The first kappa shape index (κ1) is 17.2. The molecule has 25 heavy (non-hydrogen) atoms. The number of ether oxygens (including phenoxy) is 1. The van der Waals surface area contributed by atoms with E-state index >= 15 is 0 Å². The van der Waals surface area contributed by atoms with E-state index in [0.29, 0.717) is 5.88 Å². The number of hydrogen-bond acceptors (Lipinski definition) is 4. The summed E-state index contributed by atoms with van der Waals surface area (Å²) < 4.78 is 19.2. The second-order valence-corrected chi connectivity index (χ2v) is 6.37. The van der Waals surface area contributed by atoms with Gasteiger partial charge in [0.2, 0.25) is 11.8 Å². The molecular formula is C19H22FN3O2. The maximum absolute atomic E-state index is 13.9. The molecule has 1 aliphatic rings. The van der Waals surface area contributed by atoms with Gasteiger partial charge >= 0.3 is 0 Å². The molecule has 0 bridgehead atoms. The van der Waals surface area contributed by atoms with Crippen LogP contribution in [0.2, 0.25) is 0 Å². The van der Waals surface area contributed by atoms with E-state index in [1.165, 1.54) is 19.1 Å². The summed E-state index contributed by atoms with van der Waals surface area (Å²) in [5.41, 5.74) is 2.23. The number of anilines is 2. The van der Waals surface area contributed by atoms with Crippen LogP contribution in [0.25, 0.3) is 0 Å². The maximum Gasteiger partial charge on any atom is 0.237 e. The molecule has 0 spiro atoms. The van der Waals surface area contributed by atoms with Gasteiger partial charge in [0.15, 0.2) is 0 Å². The molecule has 1 N–H and O–H groups in total. The Morgan fingerprint density at radius 2 is 2.08 bits per heavy atom. The summed E-state index contributed by atoms with van der Waals surface area (Å²) in [7, 11) is 1.56. The van der Waals surface area contributed by atoms with E-state index in [4.69, 9.17) is 4.74 Å². The highest BCUT2D eigenvalue weighted by Crippen LogP contribution is 2.43. The molecule has 0 saturated heterocycles. The van der Waals surface area contributed by atoms with Crippen LogP contribution in [-0.4, -0.2) is 24.0 Å². The van der Waals surface area contributed by atoms with Gasteiger partial charge in [-0.05, 0) is 37.3 Å². The number of pyridine rings is 1. The number of aromatic nitrogens is 1. The molecule has 3 rings (SSSR count). The molecular weight excluding hydrogens is 321 g/mol. The lowest BCUT2D eigenvalue weighted by Gasteiger charge is -2.44. The maximum atomic E-state index is 13.9. The molecule has 132 valence electrons. The van der Waals surface area contributed by atoms with Gasteiger partial charge in [0.25, 0.3) is 0 Å². The van der Waals surface area contributed by atoms with Gasteiger partial charge < -0.3 is 15.0 Å². The number of methoxy groups -OCH3 is 1.